The van der Waals surface area contributed by atoms with Crippen LogP contribution in [-0.4, -0.2) is 38.8 Å². The fourth-order valence-electron chi connectivity index (χ4n) is 1.20. The molecule has 0 radical (unpaired) electrons. The van der Waals surface area contributed by atoms with Gasteiger partial charge in [0.1, 0.15) is 0 Å². The van der Waals surface area contributed by atoms with Crippen LogP contribution >= 0.6 is 0 Å². The van der Waals surface area contributed by atoms with Crippen LogP contribution in [0.1, 0.15) is 17.3 Å². The summed E-state index contributed by atoms with van der Waals surface area (Å²) in [6.07, 6.45) is -5.25. The van der Waals surface area contributed by atoms with Crippen LogP contribution in [0.3, 0.4) is 0 Å². The maximum absolute atomic E-state index is 12.7. The number of rotatable bonds is 3. The molecule has 110 valence electrons. The summed E-state index contributed by atoms with van der Waals surface area (Å²) in [5, 5.41) is 18.9. The lowest BCUT2D eigenvalue weighted by Crippen LogP contribution is -2.61. The van der Waals surface area contributed by atoms with Gasteiger partial charge in [-0.3, -0.25) is 14.6 Å². The van der Waals surface area contributed by atoms with E-state index in [0.717, 1.165) is 0 Å². The van der Waals surface area contributed by atoms with E-state index >= 15 is 0 Å². The predicted octanol–water partition coefficient (Wildman–Crippen LogP) is 0.216. The van der Waals surface area contributed by atoms with Crippen molar-refractivity contribution in [1.82, 2.24) is 10.3 Å². The van der Waals surface area contributed by atoms with Gasteiger partial charge < -0.3 is 15.5 Å². The number of amides is 1. The molecule has 0 aliphatic carbocycles. The molecule has 0 spiro atoms. The lowest BCUT2D eigenvalue weighted by molar-refractivity contribution is -0.203. The first kappa shape index (κ1) is 15.5. The standard InChI is InChI=1S/C10H9F3N2O5/c1-9(8(19)20,10(11,12)13)15-7(18)4-2-5(16)14-6(17)3-4/h2-3H,1H3,(H,15,18)(H,19,20)(H2,14,16,17). The molecule has 1 aromatic rings. The second-order valence-electron chi connectivity index (χ2n) is 4.00. The Morgan fingerprint density at radius 1 is 1.30 bits per heavy atom. The van der Waals surface area contributed by atoms with E-state index < -0.39 is 40.6 Å². The highest BCUT2D eigenvalue weighted by molar-refractivity contribution is 5.98. The Hall–Kier alpha value is -2.52. The van der Waals surface area contributed by atoms with Crippen LogP contribution < -0.4 is 10.9 Å². The summed E-state index contributed by atoms with van der Waals surface area (Å²) < 4.78 is 38.0. The molecule has 0 aliphatic rings. The maximum Gasteiger partial charge on any atom is 0.422 e. The Labute approximate surface area is 109 Å². The third-order valence-electron chi connectivity index (χ3n) is 2.45. The molecular formula is C10H9F3N2O5. The summed E-state index contributed by atoms with van der Waals surface area (Å²) in [6.45, 7) is 0.264. The van der Waals surface area contributed by atoms with Gasteiger partial charge in [0.25, 0.3) is 11.5 Å². The molecule has 0 bridgehead atoms. The second kappa shape index (κ2) is 4.87. The third-order valence-corrected chi connectivity index (χ3v) is 2.45. The molecule has 7 nitrogen and oxygen atoms in total. The van der Waals surface area contributed by atoms with Crippen LogP contribution in [0.5, 0.6) is 5.88 Å². The van der Waals surface area contributed by atoms with Crippen LogP contribution in [0.2, 0.25) is 0 Å². The number of hydrogen-bond donors (Lipinski definition) is 4. The molecule has 0 saturated carbocycles. The van der Waals surface area contributed by atoms with E-state index in [0.29, 0.717) is 12.1 Å². The van der Waals surface area contributed by atoms with Crippen molar-refractivity contribution in [3.8, 4) is 5.88 Å². The molecule has 1 rings (SSSR count). The summed E-state index contributed by atoms with van der Waals surface area (Å²) in [4.78, 5) is 35.1. The highest BCUT2D eigenvalue weighted by Gasteiger charge is 2.58. The lowest BCUT2D eigenvalue weighted by atomic mass is 10.0. The number of carbonyl (C=O) groups excluding carboxylic acids is 1. The summed E-state index contributed by atoms with van der Waals surface area (Å²) in [5.74, 6) is -4.52. The average molecular weight is 294 g/mol. The normalized spacial score (nSPS) is 14.4. The van der Waals surface area contributed by atoms with Crippen LogP contribution in [0.15, 0.2) is 16.9 Å². The summed E-state index contributed by atoms with van der Waals surface area (Å²) in [7, 11) is 0. The zero-order valence-corrected chi connectivity index (χ0v) is 9.91. The number of nitrogens with one attached hydrogen (secondary N) is 2. The highest BCUT2D eigenvalue weighted by Crippen LogP contribution is 2.30. The van der Waals surface area contributed by atoms with E-state index in [9.17, 15) is 27.6 Å². The number of pyridine rings is 1. The molecule has 4 N–H and O–H groups in total. The lowest BCUT2D eigenvalue weighted by Gasteiger charge is -2.28. The molecule has 10 heteroatoms. The van der Waals surface area contributed by atoms with Gasteiger partial charge >= 0.3 is 12.1 Å². The van der Waals surface area contributed by atoms with Crippen LogP contribution in [0.25, 0.3) is 0 Å². The van der Waals surface area contributed by atoms with Gasteiger partial charge in [-0.05, 0) is 6.92 Å². The largest absolute Gasteiger partial charge is 0.494 e. The summed E-state index contributed by atoms with van der Waals surface area (Å²) in [5.41, 5.74) is -5.07. The number of carboxylic acids is 1. The summed E-state index contributed by atoms with van der Waals surface area (Å²) >= 11 is 0. The monoisotopic (exact) mass is 294 g/mol. The zero-order valence-electron chi connectivity index (χ0n) is 9.91. The number of aromatic hydroxyl groups is 1. The van der Waals surface area contributed by atoms with Crippen molar-refractivity contribution in [1.29, 1.82) is 0 Å². The van der Waals surface area contributed by atoms with Crippen LogP contribution in [-0.2, 0) is 4.79 Å². The molecule has 1 atom stereocenters. The number of carboxylic acid groups (broad SMARTS) is 1. The van der Waals surface area contributed by atoms with Gasteiger partial charge in [-0.15, -0.1) is 0 Å². The predicted molar refractivity (Wildman–Crippen MR) is 58.3 cm³/mol. The van der Waals surface area contributed by atoms with E-state index in [1.54, 1.807) is 0 Å². The molecule has 1 aromatic heterocycles. The maximum atomic E-state index is 12.7. The fourth-order valence-corrected chi connectivity index (χ4v) is 1.20. The number of carbonyl (C=O) groups is 2. The minimum absolute atomic E-state index is 0.264. The number of hydrogen-bond acceptors (Lipinski definition) is 4. The smallest absolute Gasteiger partial charge is 0.422 e. The van der Waals surface area contributed by atoms with E-state index in [1.165, 1.54) is 5.32 Å². The Morgan fingerprint density at radius 3 is 2.25 bits per heavy atom. The van der Waals surface area contributed by atoms with E-state index in [1.807, 2.05) is 4.98 Å². The molecule has 1 amide bonds. The van der Waals surface area contributed by atoms with Gasteiger partial charge in [-0.2, -0.15) is 13.2 Å². The van der Waals surface area contributed by atoms with Crippen molar-refractivity contribution in [3.05, 3.63) is 28.0 Å². The molecule has 0 saturated heterocycles. The van der Waals surface area contributed by atoms with Crippen LogP contribution in [0.4, 0.5) is 13.2 Å². The molecular weight excluding hydrogens is 285 g/mol. The molecule has 0 aliphatic heterocycles. The van der Waals surface area contributed by atoms with E-state index in [-0.39, 0.29) is 6.92 Å². The molecule has 0 fully saturated rings. The molecule has 1 unspecified atom stereocenters. The van der Waals surface area contributed by atoms with Crippen molar-refractivity contribution < 1.29 is 33.0 Å². The van der Waals surface area contributed by atoms with Crippen molar-refractivity contribution in [3.63, 3.8) is 0 Å². The number of halogens is 3. The van der Waals surface area contributed by atoms with Gasteiger partial charge in [0, 0.05) is 12.1 Å². The highest BCUT2D eigenvalue weighted by atomic mass is 19.4. The third kappa shape index (κ3) is 2.90. The van der Waals surface area contributed by atoms with Gasteiger partial charge in [0.2, 0.25) is 5.54 Å². The first-order valence-corrected chi connectivity index (χ1v) is 5.03. The van der Waals surface area contributed by atoms with Crippen molar-refractivity contribution in [2.45, 2.75) is 18.6 Å². The molecule has 1 heterocycles. The van der Waals surface area contributed by atoms with Gasteiger partial charge in [-0.1, -0.05) is 0 Å². The number of alkyl halides is 3. The average Bonchev–Trinajstić information content (AvgIpc) is 2.25. The quantitative estimate of drug-likeness (QED) is 0.635. The minimum Gasteiger partial charge on any atom is -0.494 e. The second-order valence-corrected chi connectivity index (χ2v) is 4.00. The topological polar surface area (TPSA) is 119 Å². The Kier molecular flexibility index (Phi) is 3.78. The Balaban J connectivity index is 3.16. The fraction of sp³-hybridized carbons (Fsp3) is 0.300. The van der Waals surface area contributed by atoms with Crippen LogP contribution in [0, 0.1) is 0 Å². The van der Waals surface area contributed by atoms with Gasteiger partial charge in [0.05, 0.1) is 5.56 Å². The number of aromatic nitrogens is 1. The first-order chi connectivity index (χ1) is 8.97. The van der Waals surface area contributed by atoms with E-state index in [4.69, 9.17) is 10.2 Å². The van der Waals surface area contributed by atoms with E-state index in [2.05, 4.69) is 0 Å². The molecule has 20 heavy (non-hydrogen) atoms. The Bertz CT molecular complexity index is 610. The zero-order chi connectivity index (χ0) is 15.7. The molecule has 0 aromatic carbocycles. The Morgan fingerprint density at radius 2 is 1.85 bits per heavy atom. The SMILES string of the molecule is CC(NC(=O)c1cc(O)[nH]c(=O)c1)(C(=O)O)C(F)(F)F. The minimum atomic E-state index is -5.25. The number of aliphatic carboxylic acids is 1. The van der Waals surface area contributed by atoms with Crippen molar-refractivity contribution in [2.24, 2.45) is 0 Å². The van der Waals surface area contributed by atoms with Crippen molar-refractivity contribution in [2.75, 3.05) is 0 Å². The number of H-pyrrole nitrogens is 1. The van der Waals surface area contributed by atoms with Crippen molar-refractivity contribution >= 4 is 11.9 Å². The number of aromatic amines is 1. The van der Waals surface area contributed by atoms with Gasteiger partial charge in [0.15, 0.2) is 5.88 Å². The summed E-state index contributed by atoms with van der Waals surface area (Å²) in [6, 6.07) is 1.31. The first-order valence-electron chi connectivity index (χ1n) is 5.03. The van der Waals surface area contributed by atoms with Gasteiger partial charge in [-0.25, -0.2) is 4.79 Å².